The van der Waals surface area contributed by atoms with Crippen LogP contribution in [0.5, 0.6) is 5.75 Å². The largest absolute Gasteiger partial charge is 0.490 e. The van der Waals surface area contributed by atoms with Crippen molar-refractivity contribution in [3.05, 3.63) is 70.4 Å². The second-order valence-corrected chi connectivity index (χ2v) is 10.2. The van der Waals surface area contributed by atoms with Crippen LogP contribution < -0.4 is 10.1 Å². The van der Waals surface area contributed by atoms with Gasteiger partial charge in [-0.2, -0.15) is 5.26 Å². The minimum Gasteiger partial charge on any atom is -0.490 e. The van der Waals surface area contributed by atoms with Crippen LogP contribution in [0.4, 0.5) is 0 Å². The highest BCUT2D eigenvalue weighted by Gasteiger charge is 2.30. The van der Waals surface area contributed by atoms with E-state index in [9.17, 15) is 5.26 Å². The summed E-state index contributed by atoms with van der Waals surface area (Å²) in [5.74, 6) is 1.47. The van der Waals surface area contributed by atoms with Crippen LogP contribution in [0.2, 0.25) is 0 Å². The second-order valence-electron chi connectivity index (χ2n) is 9.22. The van der Waals surface area contributed by atoms with Gasteiger partial charge in [0.25, 0.3) is 0 Å². The van der Waals surface area contributed by atoms with Gasteiger partial charge < -0.3 is 10.1 Å². The lowest BCUT2D eigenvalue weighted by Crippen LogP contribution is -2.32. The van der Waals surface area contributed by atoms with Crippen molar-refractivity contribution in [3.63, 3.8) is 0 Å². The third kappa shape index (κ3) is 5.57. The number of fused-ring (bicyclic) bond motifs is 1. The fraction of sp³-hybridized carbons (Fsp3) is 0.464. The molecule has 0 aromatic heterocycles. The molecule has 4 nitrogen and oxygen atoms in total. The maximum Gasteiger partial charge on any atom is 0.137 e. The van der Waals surface area contributed by atoms with Gasteiger partial charge in [0.1, 0.15) is 11.8 Å². The van der Waals surface area contributed by atoms with Crippen LogP contribution in [0.3, 0.4) is 0 Å². The second kappa shape index (κ2) is 11.1. The van der Waals surface area contributed by atoms with Crippen LogP contribution in [0, 0.1) is 11.3 Å². The molecule has 0 amide bonds. The topological polar surface area (TPSA) is 48.3 Å². The number of benzene rings is 2. The third-order valence-electron chi connectivity index (χ3n) is 6.53. The van der Waals surface area contributed by atoms with Crippen LogP contribution in [0.25, 0.3) is 4.91 Å². The first-order valence-corrected chi connectivity index (χ1v) is 13.2. The Morgan fingerprint density at radius 3 is 2.79 bits per heavy atom. The lowest BCUT2D eigenvalue weighted by molar-refractivity contribution is 0.163. The normalized spacial score (nSPS) is 18.8. The lowest BCUT2D eigenvalue weighted by Gasteiger charge is -2.32. The third-order valence-corrected chi connectivity index (χ3v) is 7.66. The van der Waals surface area contributed by atoms with Crippen LogP contribution in [0.1, 0.15) is 73.4 Å². The number of nitriles is 1. The number of nitrogens with one attached hydrogen (secondary N) is 1. The van der Waals surface area contributed by atoms with Crippen molar-refractivity contribution < 1.29 is 4.74 Å². The number of thioether (sulfide) groups is 1. The molecule has 2 aromatic carbocycles. The van der Waals surface area contributed by atoms with E-state index in [4.69, 9.17) is 4.74 Å². The van der Waals surface area contributed by atoms with Crippen molar-refractivity contribution in [3.8, 4) is 11.8 Å². The van der Waals surface area contributed by atoms with E-state index in [1.807, 2.05) is 44.8 Å². The Morgan fingerprint density at radius 1 is 1.24 bits per heavy atom. The Labute approximate surface area is 203 Å². The summed E-state index contributed by atoms with van der Waals surface area (Å²) in [7, 11) is 1.96. The smallest absolute Gasteiger partial charge is 0.137 e. The quantitative estimate of drug-likeness (QED) is 0.502. The molecule has 0 bridgehead atoms. The Morgan fingerprint density at radius 2 is 2.06 bits per heavy atom. The lowest BCUT2D eigenvalue weighted by atomic mass is 10.00. The molecule has 4 rings (SSSR count). The van der Waals surface area contributed by atoms with E-state index >= 15 is 0 Å². The Kier molecular flexibility index (Phi) is 8.01. The van der Waals surface area contributed by atoms with Crippen molar-refractivity contribution in [1.82, 2.24) is 10.2 Å². The molecule has 5 heteroatoms. The summed E-state index contributed by atoms with van der Waals surface area (Å²) < 4.78 is 5.78. The van der Waals surface area contributed by atoms with Gasteiger partial charge in [-0.15, -0.1) is 11.8 Å². The number of likely N-dealkylation sites (tertiary alicyclic amines) is 1. The fourth-order valence-electron chi connectivity index (χ4n) is 5.07. The molecule has 0 spiro atoms. The average Bonchev–Trinajstić information content (AvgIpc) is 3.27. The summed E-state index contributed by atoms with van der Waals surface area (Å²) in [5.41, 5.74) is 6.13. The van der Waals surface area contributed by atoms with Gasteiger partial charge in [-0.1, -0.05) is 30.7 Å². The number of ether oxygens (including phenoxy) is 1. The first-order chi connectivity index (χ1) is 16.1. The average molecular weight is 462 g/mol. The van der Waals surface area contributed by atoms with Gasteiger partial charge in [0.15, 0.2) is 0 Å². The molecular weight excluding hydrogens is 426 g/mol. The highest BCUT2D eigenvalue weighted by molar-refractivity contribution is 8.07. The highest BCUT2D eigenvalue weighted by Crippen LogP contribution is 2.43. The summed E-state index contributed by atoms with van der Waals surface area (Å²) in [4.78, 5) is 3.97. The Balaban J connectivity index is 1.53. The van der Waals surface area contributed by atoms with Gasteiger partial charge in [0.05, 0.1) is 11.7 Å². The fourth-order valence-corrected chi connectivity index (χ4v) is 6.12. The zero-order valence-electron chi connectivity index (χ0n) is 20.1. The molecule has 1 aliphatic carbocycles. The number of piperidine rings is 1. The first kappa shape index (κ1) is 23.7. The Hall–Kier alpha value is -2.42. The highest BCUT2D eigenvalue weighted by atomic mass is 32.2. The SMILES string of the molecule is CN/C=C(\SCc1ccc(OC(C)C)c(C#N)c1)c1cccc2c1CCC2N1CCCCC1. The van der Waals surface area contributed by atoms with E-state index in [1.54, 1.807) is 0 Å². The number of hydrogen-bond acceptors (Lipinski definition) is 5. The minimum atomic E-state index is 0.0522. The molecule has 1 fully saturated rings. The van der Waals surface area contributed by atoms with Crippen LogP contribution >= 0.6 is 11.8 Å². The van der Waals surface area contributed by atoms with E-state index in [0.29, 0.717) is 17.4 Å². The molecule has 2 aromatic rings. The molecule has 1 N–H and O–H groups in total. The van der Waals surface area contributed by atoms with Crippen LogP contribution in [-0.4, -0.2) is 31.1 Å². The maximum atomic E-state index is 9.57. The van der Waals surface area contributed by atoms with Crippen molar-refractivity contribution in [2.75, 3.05) is 20.1 Å². The summed E-state index contributed by atoms with van der Waals surface area (Å²) in [6.07, 6.45) is 8.59. The molecule has 174 valence electrons. The van der Waals surface area contributed by atoms with Gasteiger partial charge in [-0.05, 0) is 87.0 Å². The summed E-state index contributed by atoms with van der Waals surface area (Å²) in [5, 5.41) is 12.8. The molecule has 2 aliphatic rings. The Bertz CT molecular complexity index is 1030. The zero-order chi connectivity index (χ0) is 23.2. The molecule has 1 atom stereocenters. The van der Waals surface area contributed by atoms with Gasteiger partial charge in [0.2, 0.25) is 0 Å². The molecule has 0 radical (unpaired) electrons. The summed E-state index contributed by atoms with van der Waals surface area (Å²) in [6, 6.07) is 15.7. The predicted molar refractivity (Wildman–Crippen MR) is 138 cm³/mol. The number of rotatable bonds is 8. The molecule has 0 saturated carbocycles. The predicted octanol–water partition coefficient (Wildman–Crippen LogP) is 6.27. The maximum absolute atomic E-state index is 9.57. The van der Waals surface area contributed by atoms with Crippen LogP contribution in [-0.2, 0) is 12.2 Å². The van der Waals surface area contributed by atoms with Crippen molar-refractivity contribution in [1.29, 1.82) is 5.26 Å². The van der Waals surface area contributed by atoms with Gasteiger partial charge in [-0.25, -0.2) is 0 Å². The van der Waals surface area contributed by atoms with E-state index in [1.165, 1.54) is 60.4 Å². The minimum absolute atomic E-state index is 0.0522. The number of hydrogen-bond donors (Lipinski definition) is 1. The monoisotopic (exact) mass is 461 g/mol. The standard InChI is InChI=1S/C28H35N3OS/c1-20(2)32-27-13-10-21(16-22(27)17-29)19-33-28(18-30-3)25-9-7-8-24-23(25)11-12-26(24)31-14-5-4-6-15-31/h7-10,13,16,18,20,26,30H,4-6,11-12,14-15,19H2,1-3H3/b28-18-. The van der Waals surface area contributed by atoms with Crippen LogP contribution in [0.15, 0.2) is 42.6 Å². The molecule has 1 heterocycles. The van der Waals surface area contributed by atoms with Gasteiger partial charge >= 0.3 is 0 Å². The molecule has 1 aliphatic heterocycles. The summed E-state index contributed by atoms with van der Waals surface area (Å²) in [6.45, 7) is 6.43. The number of nitrogens with zero attached hydrogens (tertiary/aromatic N) is 2. The van der Waals surface area contributed by atoms with Crippen molar-refractivity contribution in [2.24, 2.45) is 0 Å². The van der Waals surface area contributed by atoms with Crippen molar-refractivity contribution in [2.45, 2.75) is 63.9 Å². The molecule has 1 saturated heterocycles. The van der Waals surface area contributed by atoms with E-state index in [2.05, 4.69) is 46.8 Å². The van der Waals surface area contributed by atoms with Gasteiger partial charge in [-0.3, -0.25) is 4.90 Å². The summed E-state index contributed by atoms with van der Waals surface area (Å²) >= 11 is 1.83. The molecule has 1 unspecified atom stereocenters. The zero-order valence-corrected chi connectivity index (χ0v) is 20.9. The first-order valence-electron chi connectivity index (χ1n) is 12.2. The van der Waals surface area contributed by atoms with Crippen molar-refractivity contribution >= 4 is 16.7 Å². The molecule has 33 heavy (non-hydrogen) atoms. The van der Waals surface area contributed by atoms with E-state index < -0.39 is 0 Å². The van der Waals surface area contributed by atoms with Gasteiger partial charge in [0, 0.05) is 29.9 Å². The molecular formula is C28H35N3OS. The van der Waals surface area contributed by atoms with E-state index in [0.717, 1.165) is 17.7 Å². The van der Waals surface area contributed by atoms with E-state index in [-0.39, 0.29) is 6.10 Å².